The molecule has 0 spiro atoms. The average molecular weight is 259 g/mol. The third kappa shape index (κ3) is 5.54. The zero-order chi connectivity index (χ0) is 14.1. The lowest BCUT2D eigenvalue weighted by Gasteiger charge is -2.17. The van der Waals surface area contributed by atoms with Gasteiger partial charge in [-0.2, -0.15) is 5.26 Å². The first-order chi connectivity index (χ1) is 9.17. The molecule has 0 radical (unpaired) electrons. The molecule has 0 saturated carbocycles. The minimum atomic E-state index is 0.138. The minimum absolute atomic E-state index is 0.138. The van der Waals surface area contributed by atoms with Crippen LogP contribution in [-0.2, 0) is 11.3 Å². The van der Waals surface area contributed by atoms with Crippen LogP contribution in [-0.4, -0.2) is 24.4 Å². The van der Waals surface area contributed by atoms with Gasteiger partial charge in [-0.15, -0.1) is 0 Å². The second kappa shape index (κ2) is 8.28. The van der Waals surface area contributed by atoms with E-state index in [1.54, 1.807) is 18.0 Å². The predicted molar refractivity (Wildman–Crippen MR) is 75.2 cm³/mol. The van der Waals surface area contributed by atoms with Crippen molar-refractivity contribution in [2.24, 2.45) is 5.73 Å². The Hall–Kier alpha value is -1.86. The van der Waals surface area contributed by atoms with E-state index in [0.717, 1.165) is 24.8 Å². The summed E-state index contributed by atoms with van der Waals surface area (Å²) in [5.74, 6) is 0.138. The van der Waals surface area contributed by atoms with Crippen LogP contribution in [0.3, 0.4) is 0 Å². The Balaban J connectivity index is 2.43. The lowest BCUT2D eigenvalue weighted by Crippen LogP contribution is -2.25. The number of nitrogens with two attached hydrogens (primary N) is 1. The molecule has 0 heterocycles. The first kappa shape index (κ1) is 15.2. The number of nitriles is 1. The van der Waals surface area contributed by atoms with Crippen LogP contribution in [0.15, 0.2) is 24.3 Å². The number of rotatable bonds is 7. The van der Waals surface area contributed by atoms with Crippen molar-refractivity contribution in [1.29, 1.82) is 5.26 Å². The fraction of sp³-hybridized carbons (Fsp3) is 0.467. The van der Waals surface area contributed by atoms with Gasteiger partial charge in [0.1, 0.15) is 0 Å². The first-order valence-electron chi connectivity index (χ1n) is 6.60. The Morgan fingerprint density at radius 3 is 2.84 bits per heavy atom. The van der Waals surface area contributed by atoms with E-state index in [1.807, 2.05) is 18.2 Å². The van der Waals surface area contributed by atoms with Crippen LogP contribution in [0, 0.1) is 11.3 Å². The monoisotopic (exact) mass is 259 g/mol. The molecule has 0 aromatic heterocycles. The molecule has 0 aliphatic heterocycles. The molecular weight excluding hydrogens is 238 g/mol. The Morgan fingerprint density at radius 1 is 1.37 bits per heavy atom. The summed E-state index contributed by atoms with van der Waals surface area (Å²) >= 11 is 0. The van der Waals surface area contributed by atoms with Crippen LogP contribution in [0.2, 0.25) is 0 Å². The van der Waals surface area contributed by atoms with Gasteiger partial charge in [0.15, 0.2) is 0 Å². The maximum atomic E-state index is 11.9. The number of amides is 1. The minimum Gasteiger partial charge on any atom is -0.341 e. The summed E-state index contributed by atoms with van der Waals surface area (Å²) in [5, 5.41) is 8.83. The second-order valence-electron chi connectivity index (χ2n) is 4.66. The lowest BCUT2D eigenvalue weighted by molar-refractivity contribution is -0.130. The summed E-state index contributed by atoms with van der Waals surface area (Å²) in [7, 11) is 1.80. The highest BCUT2D eigenvalue weighted by Crippen LogP contribution is 2.09. The number of hydrogen-bond donors (Lipinski definition) is 1. The van der Waals surface area contributed by atoms with Crippen LogP contribution < -0.4 is 5.73 Å². The fourth-order valence-corrected chi connectivity index (χ4v) is 1.89. The van der Waals surface area contributed by atoms with E-state index in [2.05, 4.69) is 6.07 Å². The number of nitrogens with zero attached hydrogens (tertiary/aromatic N) is 2. The van der Waals surface area contributed by atoms with Crippen molar-refractivity contribution in [3.63, 3.8) is 0 Å². The fourth-order valence-electron chi connectivity index (χ4n) is 1.89. The number of hydrogen-bond acceptors (Lipinski definition) is 3. The van der Waals surface area contributed by atoms with E-state index in [4.69, 9.17) is 11.0 Å². The number of benzene rings is 1. The summed E-state index contributed by atoms with van der Waals surface area (Å²) in [6.45, 7) is 1.23. The topological polar surface area (TPSA) is 70.1 Å². The molecule has 19 heavy (non-hydrogen) atoms. The molecule has 0 aliphatic rings. The quantitative estimate of drug-likeness (QED) is 0.762. The lowest BCUT2D eigenvalue weighted by atomic mass is 10.1. The zero-order valence-corrected chi connectivity index (χ0v) is 11.4. The van der Waals surface area contributed by atoms with Crippen molar-refractivity contribution in [2.75, 3.05) is 13.6 Å². The number of carbonyl (C=O) groups is 1. The molecule has 1 aromatic carbocycles. The van der Waals surface area contributed by atoms with Crippen LogP contribution in [0.1, 0.15) is 36.8 Å². The van der Waals surface area contributed by atoms with Crippen molar-refractivity contribution in [1.82, 2.24) is 4.90 Å². The molecule has 0 bridgehead atoms. The third-order valence-corrected chi connectivity index (χ3v) is 3.00. The summed E-state index contributed by atoms with van der Waals surface area (Å²) in [5.41, 5.74) is 7.02. The summed E-state index contributed by atoms with van der Waals surface area (Å²) in [6.07, 6.45) is 3.42. The normalized spacial score (nSPS) is 9.95. The molecular formula is C15H21N3O. The predicted octanol–water partition coefficient (Wildman–Crippen LogP) is 2.04. The van der Waals surface area contributed by atoms with Gasteiger partial charge in [-0.3, -0.25) is 4.79 Å². The highest BCUT2D eigenvalue weighted by molar-refractivity contribution is 5.75. The maximum Gasteiger partial charge on any atom is 0.222 e. The molecule has 0 saturated heterocycles. The Labute approximate surface area is 114 Å². The Kier molecular flexibility index (Phi) is 6.62. The van der Waals surface area contributed by atoms with E-state index in [-0.39, 0.29) is 5.91 Å². The molecule has 0 aliphatic carbocycles. The van der Waals surface area contributed by atoms with Gasteiger partial charge in [0.05, 0.1) is 11.6 Å². The van der Waals surface area contributed by atoms with Crippen LogP contribution in [0.4, 0.5) is 0 Å². The highest BCUT2D eigenvalue weighted by Gasteiger charge is 2.09. The summed E-state index contributed by atoms with van der Waals surface area (Å²) in [4.78, 5) is 13.6. The van der Waals surface area contributed by atoms with Crippen molar-refractivity contribution < 1.29 is 4.79 Å². The smallest absolute Gasteiger partial charge is 0.222 e. The maximum absolute atomic E-state index is 11.9. The Morgan fingerprint density at radius 2 is 2.16 bits per heavy atom. The van der Waals surface area contributed by atoms with Crippen LogP contribution in [0.25, 0.3) is 0 Å². The third-order valence-electron chi connectivity index (χ3n) is 3.00. The highest BCUT2D eigenvalue weighted by atomic mass is 16.2. The zero-order valence-electron chi connectivity index (χ0n) is 11.4. The first-order valence-corrected chi connectivity index (χ1v) is 6.60. The molecule has 102 valence electrons. The molecule has 1 rings (SSSR count). The number of carbonyl (C=O) groups excluding carboxylic acids is 1. The van der Waals surface area contributed by atoms with Gasteiger partial charge in [0.25, 0.3) is 0 Å². The van der Waals surface area contributed by atoms with Crippen molar-refractivity contribution >= 4 is 5.91 Å². The molecule has 0 fully saturated rings. The average Bonchev–Trinajstić information content (AvgIpc) is 2.43. The van der Waals surface area contributed by atoms with Gasteiger partial charge < -0.3 is 10.6 Å². The van der Waals surface area contributed by atoms with E-state index < -0.39 is 0 Å². The van der Waals surface area contributed by atoms with Crippen LogP contribution in [0.5, 0.6) is 0 Å². The standard InChI is InChI=1S/C15H21N3O/c1-18(15(19)8-3-2-4-9-16)12-14-7-5-6-13(10-14)11-17/h5-7,10H,2-4,8-9,12,16H2,1H3. The van der Waals surface area contributed by atoms with Crippen molar-refractivity contribution in [3.05, 3.63) is 35.4 Å². The van der Waals surface area contributed by atoms with Crippen molar-refractivity contribution in [2.45, 2.75) is 32.2 Å². The van der Waals surface area contributed by atoms with Crippen molar-refractivity contribution in [3.8, 4) is 6.07 Å². The molecule has 2 N–H and O–H groups in total. The molecule has 4 heteroatoms. The largest absolute Gasteiger partial charge is 0.341 e. The molecule has 1 aromatic rings. The SMILES string of the molecule is CN(Cc1cccc(C#N)c1)C(=O)CCCCCN. The summed E-state index contributed by atoms with van der Waals surface area (Å²) in [6, 6.07) is 9.45. The van der Waals surface area contributed by atoms with Gasteiger partial charge in [0, 0.05) is 20.0 Å². The molecule has 1 amide bonds. The van der Waals surface area contributed by atoms with Gasteiger partial charge in [-0.05, 0) is 37.1 Å². The molecule has 0 unspecified atom stereocenters. The number of unbranched alkanes of at least 4 members (excludes halogenated alkanes) is 2. The molecule has 4 nitrogen and oxygen atoms in total. The van der Waals surface area contributed by atoms with Gasteiger partial charge >= 0.3 is 0 Å². The van der Waals surface area contributed by atoms with E-state index in [0.29, 0.717) is 25.1 Å². The Bertz CT molecular complexity index is 451. The van der Waals surface area contributed by atoms with Gasteiger partial charge in [-0.25, -0.2) is 0 Å². The van der Waals surface area contributed by atoms with E-state index in [9.17, 15) is 4.79 Å². The van der Waals surface area contributed by atoms with Gasteiger partial charge in [0.2, 0.25) is 5.91 Å². The van der Waals surface area contributed by atoms with E-state index in [1.165, 1.54) is 0 Å². The van der Waals surface area contributed by atoms with Crippen LogP contribution >= 0.6 is 0 Å². The molecule has 0 atom stereocenters. The summed E-state index contributed by atoms with van der Waals surface area (Å²) < 4.78 is 0. The van der Waals surface area contributed by atoms with E-state index >= 15 is 0 Å². The van der Waals surface area contributed by atoms with Gasteiger partial charge in [-0.1, -0.05) is 18.6 Å². The second-order valence-corrected chi connectivity index (χ2v) is 4.66.